The molecule has 1 heterocycles. The van der Waals surface area contributed by atoms with E-state index in [9.17, 15) is 0 Å². The predicted octanol–water partition coefficient (Wildman–Crippen LogP) is 4.46. The maximum atomic E-state index is 6.63. The second kappa shape index (κ2) is 12.1. The number of hydrogen-bond donors (Lipinski definition) is 0. The molecule has 0 atom stereocenters. The van der Waals surface area contributed by atoms with E-state index >= 15 is 0 Å². The van der Waals surface area contributed by atoms with Gasteiger partial charge in [-0.25, -0.2) is 0 Å². The van der Waals surface area contributed by atoms with Crippen molar-refractivity contribution in [2.24, 2.45) is 0 Å². The van der Waals surface area contributed by atoms with Gasteiger partial charge in [0.1, 0.15) is 0 Å². The van der Waals surface area contributed by atoms with Crippen molar-refractivity contribution < 1.29 is 22.4 Å². The van der Waals surface area contributed by atoms with E-state index in [0.29, 0.717) is 5.69 Å². The van der Waals surface area contributed by atoms with Gasteiger partial charge in [-0.2, -0.15) is 0 Å². The minimum Gasteiger partial charge on any atom is -0.364 e. The Bertz CT molecular complexity index is 875. The molecule has 0 spiro atoms. The van der Waals surface area contributed by atoms with Gasteiger partial charge in [-0.3, -0.25) is 5.92 Å². The summed E-state index contributed by atoms with van der Waals surface area (Å²) >= 11 is 0. The molecule has 0 amide bonds. The summed E-state index contributed by atoms with van der Waals surface area (Å²) in [5.74, 6) is 2.17. The molecule has 140 valence electrons. The average Bonchev–Trinajstić information content (AvgIpc) is 2.77. The molecule has 0 unspecified atom stereocenters. The molecule has 28 heavy (non-hydrogen) atoms. The number of aromatic nitrogens is 1. The van der Waals surface area contributed by atoms with Gasteiger partial charge in [0.25, 0.3) is 0 Å². The van der Waals surface area contributed by atoms with Gasteiger partial charge >= 0.3 is 22.4 Å². The van der Waals surface area contributed by atoms with Crippen molar-refractivity contribution in [1.29, 1.82) is 0 Å². The van der Waals surface area contributed by atoms with Crippen molar-refractivity contribution in [3.05, 3.63) is 128 Å². The fourth-order valence-electron chi connectivity index (χ4n) is 2.62. The van der Waals surface area contributed by atoms with Crippen LogP contribution in [0.25, 0.3) is 0 Å². The number of rotatable bonds is 3. The van der Waals surface area contributed by atoms with Gasteiger partial charge in [0.05, 0.1) is 0 Å². The first kappa shape index (κ1) is 21.8. The van der Waals surface area contributed by atoms with Crippen LogP contribution in [0.1, 0.15) is 5.69 Å². The van der Waals surface area contributed by atoms with Crippen molar-refractivity contribution in [3.8, 4) is 5.92 Å². The molecule has 0 saturated carbocycles. The Hall–Kier alpha value is -2.46. The molecule has 0 radical (unpaired) electrons. The fourth-order valence-corrected chi connectivity index (χ4v) is 4.92. The van der Waals surface area contributed by atoms with Crippen LogP contribution >= 0.6 is 7.92 Å². The predicted molar refractivity (Wildman–Crippen MR) is 116 cm³/mol. The van der Waals surface area contributed by atoms with Crippen LogP contribution in [0.15, 0.2) is 115 Å². The Morgan fingerprint density at radius 3 is 1.25 bits per heavy atom. The van der Waals surface area contributed by atoms with Gasteiger partial charge < -0.3 is 11.4 Å². The van der Waals surface area contributed by atoms with E-state index in [2.05, 4.69) is 102 Å². The van der Waals surface area contributed by atoms with Crippen LogP contribution in [0, 0.1) is 12.3 Å². The maximum absolute atomic E-state index is 6.63. The van der Waals surface area contributed by atoms with Crippen molar-refractivity contribution in [1.82, 2.24) is 4.98 Å². The normalized spacial score (nSPS) is 9.43. The Morgan fingerprint density at radius 1 is 0.571 bits per heavy atom. The van der Waals surface area contributed by atoms with E-state index in [-0.39, 0.29) is 22.4 Å². The number of nitrogens with zero attached hydrogens (tertiary/aromatic N) is 1. The molecule has 4 rings (SSSR count). The summed E-state index contributed by atoms with van der Waals surface area (Å²) in [5.41, 5.74) is 0.576. The smallest absolute Gasteiger partial charge is 0.364 e. The van der Waals surface area contributed by atoms with Crippen molar-refractivity contribution in [2.75, 3.05) is 0 Å². The van der Waals surface area contributed by atoms with Gasteiger partial charge in [-0.1, -0.05) is 97.1 Å². The Kier molecular flexibility index (Phi) is 9.43. The molecular weight excluding hydrogens is 542 g/mol. The third kappa shape index (κ3) is 6.31. The van der Waals surface area contributed by atoms with E-state index in [1.54, 1.807) is 18.3 Å². The number of hydrogen-bond acceptors (Lipinski definition) is 1. The maximum Gasteiger partial charge on any atom is 1.00 e. The second-order valence-electron chi connectivity index (χ2n) is 5.68. The zero-order chi connectivity index (χ0) is 18.7. The Morgan fingerprint density at radius 2 is 0.964 bits per heavy atom. The van der Waals surface area contributed by atoms with Crippen LogP contribution in [0.3, 0.4) is 0 Å². The summed E-state index contributed by atoms with van der Waals surface area (Å²) in [7, 11) is -0.446. The van der Waals surface area contributed by atoms with Crippen LogP contribution in [0.5, 0.6) is 0 Å². The van der Waals surface area contributed by atoms with Crippen LogP contribution in [0.4, 0.5) is 0 Å². The first-order valence-corrected chi connectivity index (χ1v) is 10.0. The van der Waals surface area contributed by atoms with Crippen LogP contribution in [-0.2, 0) is 22.4 Å². The molecule has 0 bridgehead atoms. The first-order valence-electron chi connectivity index (χ1n) is 8.67. The van der Waals surface area contributed by atoms with Crippen LogP contribution in [0.2, 0.25) is 0 Å². The molecule has 0 aliphatic rings. The SMILES string of the molecule is [Au+].[C-]#Cc1ccccn1.c1ccc(P(c2ccccc2)c2ccccc2)cc1. The van der Waals surface area contributed by atoms with E-state index in [1.807, 2.05) is 6.07 Å². The van der Waals surface area contributed by atoms with Gasteiger partial charge in [-0.05, 0) is 35.6 Å². The first-order chi connectivity index (χ1) is 13.4. The average molecular weight is 561 g/mol. The standard InChI is InChI=1S/C18H15P.C7H4N.Au/c1-4-10-16(11-5-1)19(17-12-6-2-7-13-17)18-14-8-3-9-15-18;1-2-7-5-3-4-6-8-7;/h1-15H;3-6H;/q;-1;+1. The second-order valence-corrected chi connectivity index (χ2v) is 7.90. The molecule has 3 heteroatoms. The van der Waals surface area contributed by atoms with E-state index < -0.39 is 7.92 Å². The van der Waals surface area contributed by atoms with Gasteiger partial charge in [0.15, 0.2) is 0 Å². The van der Waals surface area contributed by atoms with Gasteiger partial charge in [-0.15, -0.1) is 6.07 Å². The molecule has 0 N–H and O–H groups in total. The summed E-state index contributed by atoms with van der Waals surface area (Å²) in [6, 6.07) is 37.7. The Labute approximate surface area is 184 Å². The molecule has 0 aliphatic heterocycles. The Balaban J connectivity index is 0.000000264. The summed E-state index contributed by atoms with van der Waals surface area (Å²) in [5, 5.41) is 4.19. The van der Waals surface area contributed by atoms with E-state index in [0.717, 1.165) is 0 Å². The number of benzene rings is 3. The zero-order valence-electron chi connectivity index (χ0n) is 15.2. The molecular formula is C25H19AuNP. The van der Waals surface area contributed by atoms with E-state index in [4.69, 9.17) is 6.42 Å². The monoisotopic (exact) mass is 561 g/mol. The topological polar surface area (TPSA) is 12.9 Å². The molecule has 0 aliphatic carbocycles. The van der Waals surface area contributed by atoms with Crippen molar-refractivity contribution in [2.45, 2.75) is 0 Å². The van der Waals surface area contributed by atoms with Crippen LogP contribution < -0.4 is 15.9 Å². The quantitative estimate of drug-likeness (QED) is 0.156. The van der Waals surface area contributed by atoms with Crippen LogP contribution in [-0.4, -0.2) is 4.98 Å². The summed E-state index contributed by atoms with van der Waals surface area (Å²) < 4.78 is 0. The van der Waals surface area contributed by atoms with Crippen molar-refractivity contribution >= 4 is 23.8 Å². The van der Waals surface area contributed by atoms with Gasteiger partial charge in [0, 0.05) is 6.20 Å². The number of pyridine rings is 1. The molecule has 3 aromatic carbocycles. The largest absolute Gasteiger partial charge is 1.00 e. The van der Waals surface area contributed by atoms with Gasteiger partial charge in [0.2, 0.25) is 0 Å². The minimum atomic E-state index is -0.446. The van der Waals surface area contributed by atoms with Crippen molar-refractivity contribution in [3.63, 3.8) is 0 Å². The summed E-state index contributed by atoms with van der Waals surface area (Å²) in [6.07, 6.45) is 8.27. The third-order valence-electron chi connectivity index (χ3n) is 3.84. The summed E-state index contributed by atoms with van der Waals surface area (Å²) in [4.78, 5) is 3.80. The zero-order valence-corrected chi connectivity index (χ0v) is 18.2. The molecule has 0 saturated heterocycles. The third-order valence-corrected chi connectivity index (χ3v) is 6.28. The summed E-state index contributed by atoms with van der Waals surface area (Å²) in [6.45, 7) is 0. The molecule has 1 nitrogen and oxygen atoms in total. The molecule has 1 aromatic heterocycles. The molecule has 4 aromatic rings. The molecule has 0 fully saturated rings. The fraction of sp³-hybridized carbons (Fsp3) is 0. The minimum absolute atomic E-state index is 0. The van der Waals surface area contributed by atoms with E-state index in [1.165, 1.54) is 15.9 Å².